The van der Waals surface area contributed by atoms with Gasteiger partial charge in [-0.05, 0) is 43.5 Å². The van der Waals surface area contributed by atoms with Crippen LogP contribution in [0.4, 0.5) is 14.5 Å². The van der Waals surface area contributed by atoms with E-state index < -0.39 is 23.6 Å². The van der Waals surface area contributed by atoms with Gasteiger partial charge in [-0.2, -0.15) is 4.39 Å². The van der Waals surface area contributed by atoms with Gasteiger partial charge in [0.1, 0.15) is 11.8 Å². The van der Waals surface area contributed by atoms with Crippen molar-refractivity contribution in [3.05, 3.63) is 53.9 Å². The third kappa shape index (κ3) is 7.60. The first-order chi connectivity index (χ1) is 14.7. The van der Waals surface area contributed by atoms with E-state index in [1.54, 1.807) is 6.07 Å². The van der Waals surface area contributed by atoms with Gasteiger partial charge in [-0.1, -0.05) is 26.8 Å². The highest BCUT2D eigenvalue weighted by atomic mass is 19.2. The van der Waals surface area contributed by atoms with E-state index in [-0.39, 0.29) is 23.5 Å². The third-order valence-electron chi connectivity index (χ3n) is 4.47. The summed E-state index contributed by atoms with van der Waals surface area (Å²) in [6.07, 6.45) is 1.75. The molecule has 3 rings (SSSR count). The number of amides is 2. The molecule has 0 spiro atoms. The molecule has 1 saturated heterocycles. The molecule has 2 aromatic rings. The van der Waals surface area contributed by atoms with Crippen LogP contribution < -0.4 is 15.8 Å². The number of methoxy groups -OCH3 is 1. The summed E-state index contributed by atoms with van der Waals surface area (Å²) >= 11 is 0. The summed E-state index contributed by atoms with van der Waals surface area (Å²) in [5.41, 5.74) is 5.74. The van der Waals surface area contributed by atoms with Gasteiger partial charge in [-0.15, -0.1) is 0 Å². The molecule has 2 amide bonds. The van der Waals surface area contributed by atoms with Gasteiger partial charge in [0.25, 0.3) is 11.8 Å². The molecule has 0 bridgehead atoms. The maximum absolute atomic E-state index is 12.5. The fourth-order valence-electron chi connectivity index (χ4n) is 2.65. The van der Waals surface area contributed by atoms with Crippen LogP contribution in [0.2, 0.25) is 0 Å². The van der Waals surface area contributed by atoms with Gasteiger partial charge in [-0.3, -0.25) is 14.6 Å². The predicted molar refractivity (Wildman–Crippen MR) is 114 cm³/mol. The summed E-state index contributed by atoms with van der Waals surface area (Å²) in [5.74, 6) is -2.38. The molecule has 3 N–H and O–H groups in total. The summed E-state index contributed by atoms with van der Waals surface area (Å²) in [4.78, 5) is 26.8. The Bertz CT molecular complexity index is 870. The molecule has 0 aliphatic carbocycles. The first-order valence-electron chi connectivity index (χ1n) is 9.93. The first kappa shape index (κ1) is 26.0. The normalized spacial score (nSPS) is 19.3. The van der Waals surface area contributed by atoms with E-state index in [9.17, 15) is 18.4 Å². The van der Waals surface area contributed by atoms with E-state index in [0.717, 1.165) is 6.07 Å². The highest BCUT2D eigenvalue weighted by molar-refractivity contribution is 5.96. The average Bonchev–Trinajstić information content (AvgIpc) is 3.11. The van der Waals surface area contributed by atoms with E-state index in [4.69, 9.17) is 10.5 Å². The van der Waals surface area contributed by atoms with Gasteiger partial charge in [0.05, 0.1) is 13.2 Å². The lowest BCUT2D eigenvalue weighted by Gasteiger charge is -2.11. The van der Waals surface area contributed by atoms with Crippen molar-refractivity contribution in [2.45, 2.75) is 46.3 Å². The number of carbonyl (C=O) groups is 2. The number of halogens is 2. The van der Waals surface area contributed by atoms with E-state index in [1.807, 2.05) is 20.8 Å². The predicted octanol–water partition coefficient (Wildman–Crippen LogP) is 3.93. The monoisotopic (exact) mass is 437 g/mol. The van der Waals surface area contributed by atoms with Crippen LogP contribution in [0.1, 0.15) is 44.6 Å². The molecule has 170 valence electrons. The van der Waals surface area contributed by atoms with Gasteiger partial charge in [-0.25, -0.2) is 4.39 Å². The van der Waals surface area contributed by atoms with E-state index in [2.05, 4.69) is 22.0 Å². The summed E-state index contributed by atoms with van der Waals surface area (Å²) in [5, 5.41) is 2.71. The average molecular weight is 437 g/mol. The van der Waals surface area contributed by atoms with Gasteiger partial charge >= 0.3 is 0 Å². The van der Waals surface area contributed by atoms with Crippen molar-refractivity contribution in [3.63, 3.8) is 0 Å². The Morgan fingerprint density at radius 1 is 1.23 bits per heavy atom. The molecule has 1 aromatic carbocycles. The number of primary amides is 1. The van der Waals surface area contributed by atoms with Crippen molar-refractivity contribution in [2.75, 3.05) is 12.4 Å². The summed E-state index contributed by atoms with van der Waals surface area (Å²) < 4.78 is 34.9. The van der Waals surface area contributed by atoms with Gasteiger partial charge in [0.2, 0.25) is 5.82 Å². The molecule has 7 nitrogen and oxygen atoms in total. The minimum Gasteiger partial charge on any atom is -0.494 e. The second-order valence-electron chi connectivity index (χ2n) is 6.58. The first-order valence-corrected chi connectivity index (χ1v) is 9.93. The molecule has 1 aromatic heterocycles. The maximum atomic E-state index is 12.5. The Balaban J connectivity index is 0.000000337. The molecule has 1 aliphatic heterocycles. The molecule has 2 unspecified atom stereocenters. The molecular formula is C22H29F2N3O4. The van der Waals surface area contributed by atoms with Crippen LogP contribution in [0.5, 0.6) is 5.75 Å². The molecule has 31 heavy (non-hydrogen) atoms. The number of benzene rings is 1. The lowest BCUT2D eigenvalue weighted by Crippen LogP contribution is -2.28. The minimum atomic E-state index is -0.940. The molecule has 9 heteroatoms. The van der Waals surface area contributed by atoms with Crippen LogP contribution in [-0.2, 0) is 9.53 Å². The van der Waals surface area contributed by atoms with Crippen LogP contribution in [-0.4, -0.2) is 36.1 Å². The van der Waals surface area contributed by atoms with Gasteiger partial charge in [0.15, 0.2) is 11.6 Å². The highest BCUT2D eigenvalue weighted by Gasteiger charge is 2.33. The maximum Gasteiger partial charge on any atom is 0.267 e. The number of nitrogens with one attached hydrogen (secondary N) is 1. The second kappa shape index (κ2) is 12.6. The van der Waals surface area contributed by atoms with Crippen molar-refractivity contribution < 1.29 is 27.8 Å². The van der Waals surface area contributed by atoms with Crippen molar-refractivity contribution in [1.29, 1.82) is 0 Å². The van der Waals surface area contributed by atoms with E-state index >= 15 is 0 Å². The number of nitrogens with zero attached hydrogens (tertiary/aromatic N) is 1. The Kier molecular flexibility index (Phi) is 10.5. The van der Waals surface area contributed by atoms with Crippen LogP contribution in [0, 0.1) is 17.6 Å². The number of pyridine rings is 1. The molecule has 0 radical (unpaired) electrons. The van der Waals surface area contributed by atoms with E-state index in [1.165, 1.54) is 31.5 Å². The van der Waals surface area contributed by atoms with Gasteiger partial charge in [0, 0.05) is 11.9 Å². The van der Waals surface area contributed by atoms with Crippen molar-refractivity contribution in [1.82, 2.24) is 4.98 Å². The van der Waals surface area contributed by atoms with Crippen LogP contribution >= 0.6 is 0 Å². The number of nitrogens with two attached hydrogens (primary N) is 1. The molecule has 3 atom stereocenters. The van der Waals surface area contributed by atoms with Crippen LogP contribution in [0.3, 0.4) is 0 Å². The Labute approximate surface area is 180 Å². The minimum absolute atomic E-state index is 0.0694. The van der Waals surface area contributed by atoms with Crippen molar-refractivity contribution in [2.24, 2.45) is 11.7 Å². The van der Waals surface area contributed by atoms with E-state index in [0.29, 0.717) is 18.0 Å². The number of hydrogen-bond donors (Lipinski definition) is 2. The van der Waals surface area contributed by atoms with Crippen molar-refractivity contribution in [3.8, 4) is 5.75 Å². The number of carbonyl (C=O) groups excluding carboxylic acids is 2. The quantitative estimate of drug-likeness (QED) is 0.754. The number of aromatic nitrogens is 1. The number of rotatable bonds is 4. The van der Waals surface area contributed by atoms with Crippen molar-refractivity contribution >= 4 is 17.5 Å². The highest BCUT2D eigenvalue weighted by Crippen LogP contribution is 2.26. The Morgan fingerprint density at radius 2 is 1.90 bits per heavy atom. The lowest BCUT2D eigenvalue weighted by molar-refractivity contribution is -0.126. The van der Waals surface area contributed by atoms with Gasteiger partial charge < -0.3 is 20.5 Å². The molecular weight excluding hydrogens is 408 g/mol. The lowest BCUT2D eigenvalue weighted by atomic mass is 10.0. The standard InChI is InChI=1S/C13H17N3O3.C7H6F2O.C2H6/c1-7-5-11(19-8(7)2)13(18)16-9-3-4-15-10(6-9)12(14)17;1-10-6-4-2-3-5(8)7(6)9;1-2/h3-4,6-8,11H,5H2,1-2H3,(H2,14,17)(H,15,16,18);2-4H,1H3;1-2H3/t7?,8?,11-;;/m1../s1. The summed E-state index contributed by atoms with van der Waals surface area (Å²) in [7, 11) is 1.29. The SMILES string of the molecule is CC.CC1C[C@H](C(=O)Nc2ccnc(C(N)=O)c2)OC1C.COc1cccc(F)c1F. The number of anilines is 1. The molecule has 1 aliphatic rings. The zero-order chi connectivity index (χ0) is 23.6. The molecule has 1 fully saturated rings. The number of ether oxygens (including phenoxy) is 2. The third-order valence-corrected chi connectivity index (χ3v) is 4.47. The fraction of sp³-hybridized carbons (Fsp3) is 0.409. The topological polar surface area (TPSA) is 104 Å². The van der Waals surface area contributed by atoms with Crippen LogP contribution in [0.15, 0.2) is 36.5 Å². The zero-order valence-electron chi connectivity index (χ0n) is 18.3. The summed E-state index contributed by atoms with van der Waals surface area (Å²) in [6.45, 7) is 8.01. The molecule has 0 saturated carbocycles. The second-order valence-corrected chi connectivity index (χ2v) is 6.58. The zero-order valence-corrected chi connectivity index (χ0v) is 18.3. The Hall–Kier alpha value is -3.07. The number of hydrogen-bond acceptors (Lipinski definition) is 5. The smallest absolute Gasteiger partial charge is 0.267 e. The summed E-state index contributed by atoms with van der Waals surface area (Å²) in [6, 6.07) is 6.84. The fourth-order valence-corrected chi connectivity index (χ4v) is 2.65. The molecule has 2 heterocycles. The van der Waals surface area contributed by atoms with Crippen LogP contribution in [0.25, 0.3) is 0 Å². The Morgan fingerprint density at radius 3 is 2.42 bits per heavy atom. The largest absolute Gasteiger partial charge is 0.494 e.